The van der Waals surface area contributed by atoms with E-state index in [1.165, 1.54) is 17.2 Å². The number of methoxy groups -OCH3 is 1. The Labute approximate surface area is 191 Å². The largest absolute Gasteiger partial charge is 0.503 e. The molecule has 0 fully saturated rings. The number of Topliss-reactive ketones (excluding diaryl/α,β-unsaturated/α-hetero) is 1. The molecule has 170 valence electrons. The number of rotatable bonds is 8. The van der Waals surface area contributed by atoms with E-state index in [-0.39, 0.29) is 24.0 Å². The molecule has 1 aromatic heterocycles. The van der Waals surface area contributed by atoms with Crippen molar-refractivity contribution in [1.82, 2.24) is 4.90 Å². The van der Waals surface area contributed by atoms with E-state index < -0.39 is 23.5 Å². The number of carbonyl (C=O) groups is 2. The van der Waals surface area contributed by atoms with E-state index >= 15 is 0 Å². The quantitative estimate of drug-likeness (QED) is 0.497. The van der Waals surface area contributed by atoms with Crippen molar-refractivity contribution in [2.75, 3.05) is 7.11 Å². The molecule has 1 unspecified atom stereocenters. The van der Waals surface area contributed by atoms with Crippen LogP contribution in [0, 0.1) is 0 Å². The number of hydrogen-bond acceptors (Lipinski definition) is 6. The second-order valence-corrected chi connectivity index (χ2v) is 7.99. The number of benzene rings is 2. The third kappa shape index (κ3) is 4.48. The smallest absolute Gasteiger partial charge is 0.290 e. The Morgan fingerprint density at radius 1 is 1.06 bits per heavy atom. The van der Waals surface area contributed by atoms with E-state index in [0.29, 0.717) is 11.3 Å². The van der Waals surface area contributed by atoms with Crippen LogP contribution in [-0.2, 0) is 11.3 Å². The van der Waals surface area contributed by atoms with Gasteiger partial charge in [0.15, 0.2) is 11.5 Å². The molecule has 0 radical (unpaired) electrons. The Morgan fingerprint density at radius 2 is 1.73 bits per heavy atom. The van der Waals surface area contributed by atoms with E-state index in [1.54, 1.807) is 37.4 Å². The van der Waals surface area contributed by atoms with Gasteiger partial charge in [0, 0.05) is 6.54 Å². The van der Waals surface area contributed by atoms with Crippen LogP contribution in [0.15, 0.2) is 82.7 Å². The molecule has 3 aromatic rings. The zero-order chi connectivity index (χ0) is 23.5. The Bertz CT molecular complexity index is 1160. The van der Waals surface area contributed by atoms with Gasteiger partial charge in [-0.2, -0.15) is 0 Å². The lowest BCUT2D eigenvalue weighted by atomic mass is 9.95. The second-order valence-electron chi connectivity index (χ2n) is 7.99. The first-order valence-corrected chi connectivity index (χ1v) is 10.6. The molecule has 7 nitrogen and oxygen atoms in total. The molecule has 0 saturated carbocycles. The molecule has 4 rings (SSSR count). The number of hydrogen-bond donors (Lipinski definition) is 1. The normalized spacial score (nSPS) is 15.9. The van der Waals surface area contributed by atoms with Crippen LogP contribution in [-0.4, -0.2) is 34.9 Å². The number of carbonyl (C=O) groups excluding carboxylic acids is 2. The minimum Gasteiger partial charge on any atom is -0.503 e. The second kappa shape index (κ2) is 9.24. The zero-order valence-electron chi connectivity index (χ0n) is 18.6. The van der Waals surface area contributed by atoms with Crippen molar-refractivity contribution in [2.45, 2.75) is 32.5 Å². The van der Waals surface area contributed by atoms with E-state index in [0.717, 1.165) is 11.3 Å². The number of aliphatic hydroxyl groups excluding tert-OH is 1. The van der Waals surface area contributed by atoms with Gasteiger partial charge in [0.1, 0.15) is 11.5 Å². The Hall–Kier alpha value is -4.00. The standard InChI is InChI=1S/C26H25NO6/c1-16(2)33-20-10-6-17(7-11-20)15-27-23(18-8-12-19(31-3)13-9-18)22(25(29)26(27)30)24(28)21-5-4-14-32-21/h4-14,16,23,29H,15H2,1-3H3. The molecule has 7 heteroatoms. The van der Waals surface area contributed by atoms with Crippen LogP contribution in [0.4, 0.5) is 0 Å². The van der Waals surface area contributed by atoms with Crippen molar-refractivity contribution in [2.24, 2.45) is 0 Å². The molecule has 0 bridgehead atoms. The summed E-state index contributed by atoms with van der Waals surface area (Å²) >= 11 is 0. The lowest BCUT2D eigenvalue weighted by Gasteiger charge is -2.27. The first-order chi connectivity index (χ1) is 15.9. The van der Waals surface area contributed by atoms with Gasteiger partial charge >= 0.3 is 0 Å². The molecule has 0 aliphatic carbocycles. The number of ketones is 1. The third-order valence-corrected chi connectivity index (χ3v) is 5.37. The van der Waals surface area contributed by atoms with Crippen molar-refractivity contribution in [3.8, 4) is 11.5 Å². The number of ether oxygens (including phenoxy) is 2. The van der Waals surface area contributed by atoms with Crippen molar-refractivity contribution in [3.05, 3.63) is 95.1 Å². The fourth-order valence-corrected chi connectivity index (χ4v) is 3.86. The van der Waals surface area contributed by atoms with Gasteiger partial charge in [-0.3, -0.25) is 9.59 Å². The molecule has 1 N–H and O–H groups in total. The molecule has 2 heterocycles. The molecule has 0 saturated heterocycles. The van der Waals surface area contributed by atoms with E-state index in [4.69, 9.17) is 13.9 Å². The Balaban J connectivity index is 1.70. The molecule has 33 heavy (non-hydrogen) atoms. The first kappa shape index (κ1) is 22.2. The number of amides is 1. The van der Waals surface area contributed by atoms with Gasteiger partial charge in [0.05, 0.1) is 31.1 Å². The molecular formula is C26H25NO6. The number of aliphatic hydroxyl groups is 1. The summed E-state index contributed by atoms with van der Waals surface area (Å²) in [5, 5.41) is 10.7. The summed E-state index contributed by atoms with van der Waals surface area (Å²) in [6.45, 7) is 4.08. The van der Waals surface area contributed by atoms with Gasteiger partial charge in [-0.25, -0.2) is 0 Å². The molecule has 1 aliphatic heterocycles. The Morgan fingerprint density at radius 3 is 2.30 bits per heavy atom. The summed E-state index contributed by atoms with van der Waals surface area (Å²) in [5.41, 5.74) is 1.49. The van der Waals surface area contributed by atoms with Crippen molar-refractivity contribution < 1.29 is 28.6 Å². The summed E-state index contributed by atoms with van der Waals surface area (Å²) in [6, 6.07) is 16.7. The van der Waals surface area contributed by atoms with Crippen LogP contribution in [0.2, 0.25) is 0 Å². The number of nitrogens with zero attached hydrogens (tertiary/aromatic N) is 1. The van der Waals surface area contributed by atoms with Gasteiger partial charge < -0.3 is 23.9 Å². The summed E-state index contributed by atoms with van der Waals surface area (Å²) in [5.74, 6) is -0.301. The molecule has 1 atom stereocenters. The average Bonchev–Trinajstić information content (AvgIpc) is 3.43. The maximum Gasteiger partial charge on any atom is 0.290 e. The van der Waals surface area contributed by atoms with Crippen LogP contribution in [0.5, 0.6) is 11.5 Å². The minimum atomic E-state index is -0.785. The van der Waals surface area contributed by atoms with Crippen LogP contribution >= 0.6 is 0 Å². The highest BCUT2D eigenvalue weighted by atomic mass is 16.5. The maximum absolute atomic E-state index is 13.2. The topological polar surface area (TPSA) is 89.2 Å². The van der Waals surface area contributed by atoms with Gasteiger partial charge in [0.25, 0.3) is 5.91 Å². The van der Waals surface area contributed by atoms with Crippen LogP contribution in [0.3, 0.4) is 0 Å². The van der Waals surface area contributed by atoms with Crippen LogP contribution in [0.25, 0.3) is 0 Å². The highest BCUT2D eigenvalue weighted by Gasteiger charge is 2.44. The minimum absolute atomic E-state index is 0.0140. The molecule has 1 amide bonds. The van der Waals surface area contributed by atoms with E-state index in [9.17, 15) is 14.7 Å². The molecule has 1 aliphatic rings. The van der Waals surface area contributed by atoms with Gasteiger partial charge in [-0.1, -0.05) is 24.3 Å². The average molecular weight is 447 g/mol. The lowest BCUT2D eigenvalue weighted by molar-refractivity contribution is -0.130. The van der Waals surface area contributed by atoms with Crippen molar-refractivity contribution in [1.29, 1.82) is 0 Å². The zero-order valence-corrected chi connectivity index (χ0v) is 18.6. The van der Waals surface area contributed by atoms with Crippen LogP contribution in [0.1, 0.15) is 41.6 Å². The fraction of sp³-hybridized carbons (Fsp3) is 0.231. The van der Waals surface area contributed by atoms with Gasteiger partial charge in [0.2, 0.25) is 5.78 Å². The van der Waals surface area contributed by atoms with Crippen LogP contribution < -0.4 is 9.47 Å². The molecular weight excluding hydrogens is 422 g/mol. The highest BCUT2D eigenvalue weighted by Crippen LogP contribution is 2.40. The first-order valence-electron chi connectivity index (χ1n) is 10.6. The predicted molar refractivity (Wildman–Crippen MR) is 121 cm³/mol. The molecule has 0 spiro atoms. The SMILES string of the molecule is COc1ccc(C2C(C(=O)c3ccco3)=C(O)C(=O)N2Cc2ccc(OC(C)C)cc2)cc1. The highest BCUT2D eigenvalue weighted by molar-refractivity contribution is 6.15. The van der Waals surface area contributed by atoms with E-state index in [1.807, 2.05) is 38.1 Å². The van der Waals surface area contributed by atoms with Crippen molar-refractivity contribution in [3.63, 3.8) is 0 Å². The van der Waals surface area contributed by atoms with Crippen molar-refractivity contribution >= 4 is 11.7 Å². The third-order valence-electron chi connectivity index (χ3n) is 5.37. The number of furan rings is 1. The van der Waals surface area contributed by atoms with Gasteiger partial charge in [-0.15, -0.1) is 0 Å². The Kier molecular flexibility index (Phi) is 6.22. The summed E-state index contributed by atoms with van der Waals surface area (Å²) in [7, 11) is 1.56. The lowest BCUT2D eigenvalue weighted by Crippen LogP contribution is -2.30. The summed E-state index contributed by atoms with van der Waals surface area (Å²) in [4.78, 5) is 27.8. The summed E-state index contributed by atoms with van der Waals surface area (Å²) in [6.07, 6.45) is 1.43. The fourth-order valence-electron chi connectivity index (χ4n) is 3.86. The molecule has 2 aromatic carbocycles. The van der Waals surface area contributed by atoms with E-state index in [2.05, 4.69) is 0 Å². The maximum atomic E-state index is 13.2. The predicted octanol–water partition coefficient (Wildman–Crippen LogP) is 4.85. The summed E-state index contributed by atoms with van der Waals surface area (Å²) < 4.78 is 16.2. The van der Waals surface area contributed by atoms with Gasteiger partial charge in [-0.05, 0) is 61.4 Å². The monoisotopic (exact) mass is 447 g/mol.